The minimum atomic E-state index is -3.29. The summed E-state index contributed by atoms with van der Waals surface area (Å²) in [5.74, 6) is 0.294. The molecular weight excluding hydrogens is 458 g/mol. The fraction of sp³-hybridized carbons (Fsp3) is 0.435. The van der Waals surface area contributed by atoms with Crippen LogP contribution < -0.4 is 16.3 Å². The summed E-state index contributed by atoms with van der Waals surface area (Å²) in [5.41, 5.74) is 6.21. The van der Waals surface area contributed by atoms with Crippen LogP contribution in [0.15, 0.2) is 40.4 Å². The van der Waals surface area contributed by atoms with E-state index in [1.54, 1.807) is 27.9 Å². The molecule has 1 aromatic carbocycles. The van der Waals surface area contributed by atoms with Gasteiger partial charge in [0, 0.05) is 32.2 Å². The fourth-order valence-electron chi connectivity index (χ4n) is 3.86. The van der Waals surface area contributed by atoms with Crippen LogP contribution in [0.4, 0.5) is 4.79 Å². The van der Waals surface area contributed by atoms with Crippen molar-refractivity contribution in [3.63, 3.8) is 0 Å². The van der Waals surface area contributed by atoms with Crippen molar-refractivity contribution in [1.29, 1.82) is 0 Å². The van der Waals surface area contributed by atoms with E-state index in [0.29, 0.717) is 48.1 Å². The lowest BCUT2D eigenvalue weighted by molar-refractivity contribution is 0.0117. The Morgan fingerprint density at radius 3 is 2.35 bits per heavy atom. The van der Waals surface area contributed by atoms with Gasteiger partial charge in [0.15, 0.2) is 9.84 Å². The molecule has 2 aromatic rings. The van der Waals surface area contributed by atoms with E-state index in [2.05, 4.69) is 16.7 Å². The number of benzene rings is 1. The van der Waals surface area contributed by atoms with Crippen LogP contribution in [0.5, 0.6) is 0 Å². The van der Waals surface area contributed by atoms with Gasteiger partial charge in [-0.25, -0.2) is 22.9 Å². The average molecular weight is 488 g/mol. The van der Waals surface area contributed by atoms with Crippen LogP contribution in [-0.2, 0) is 19.3 Å². The largest absolute Gasteiger partial charge is 0.474 e. The van der Waals surface area contributed by atoms with Gasteiger partial charge in [-0.1, -0.05) is 6.58 Å². The summed E-state index contributed by atoms with van der Waals surface area (Å²) < 4.78 is 36.6. The molecule has 2 aliphatic rings. The molecule has 1 amide bonds. The molecule has 182 valence electrons. The number of nitrogens with zero attached hydrogens (tertiary/aromatic N) is 4. The monoisotopic (exact) mass is 487 g/mol. The number of sulfone groups is 1. The number of likely N-dealkylation sites (tertiary alicyclic amines) is 1. The van der Waals surface area contributed by atoms with Gasteiger partial charge in [0.25, 0.3) is 0 Å². The zero-order chi connectivity index (χ0) is 24.3. The number of carbonyl (C=O) groups is 1. The van der Waals surface area contributed by atoms with E-state index < -0.39 is 9.84 Å². The summed E-state index contributed by atoms with van der Waals surface area (Å²) in [5, 5.41) is 5.46. The van der Waals surface area contributed by atoms with E-state index >= 15 is 0 Å². The summed E-state index contributed by atoms with van der Waals surface area (Å²) in [6.07, 6.45) is 7.84. The zero-order valence-corrected chi connectivity index (χ0v) is 19.9. The second kappa shape index (κ2) is 9.88. The van der Waals surface area contributed by atoms with E-state index in [9.17, 15) is 13.2 Å². The second-order valence-corrected chi connectivity index (χ2v) is 10.5. The number of ether oxygens (including phenoxy) is 2. The van der Waals surface area contributed by atoms with Gasteiger partial charge in [-0.3, -0.25) is 0 Å². The highest BCUT2D eigenvalue weighted by atomic mass is 32.2. The Morgan fingerprint density at radius 1 is 1.15 bits per heavy atom. The molecule has 11 heteroatoms. The summed E-state index contributed by atoms with van der Waals surface area (Å²) in [6, 6.07) is 6.36. The lowest BCUT2D eigenvalue weighted by atomic mass is 9.96. The first-order valence-corrected chi connectivity index (χ1v) is 13.1. The molecule has 0 bridgehead atoms. The number of nitrogens with two attached hydrogens (primary N) is 1. The molecule has 1 aliphatic heterocycles. The summed E-state index contributed by atoms with van der Waals surface area (Å²) in [7, 11) is -3.29. The Bertz CT molecular complexity index is 1270. The van der Waals surface area contributed by atoms with Crippen molar-refractivity contribution in [1.82, 2.24) is 14.7 Å². The van der Waals surface area contributed by atoms with Crippen LogP contribution in [0.3, 0.4) is 0 Å². The van der Waals surface area contributed by atoms with Crippen molar-refractivity contribution in [3.05, 3.63) is 41.0 Å². The third kappa shape index (κ3) is 5.24. The smallest absolute Gasteiger partial charge is 0.410 e. The highest BCUT2D eigenvalue weighted by molar-refractivity contribution is 7.90. The van der Waals surface area contributed by atoms with Crippen LogP contribution in [-0.4, -0.2) is 67.1 Å². The maximum Gasteiger partial charge on any atom is 0.410 e. The predicted molar refractivity (Wildman–Crippen MR) is 127 cm³/mol. The molecule has 34 heavy (non-hydrogen) atoms. The number of amides is 1. The molecule has 2 fully saturated rings. The molecule has 1 aromatic heterocycles. The van der Waals surface area contributed by atoms with Crippen LogP contribution in [0.1, 0.15) is 32.1 Å². The Kier molecular flexibility index (Phi) is 6.92. The molecule has 0 unspecified atom stereocenters. The van der Waals surface area contributed by atoms with Gasteiger partial charge in [0.2, 0.25) is 5.88 Å². The minimum Gasteiger partial charge on any atom is -0.474 e. The Labute approximate surface area is 198 Å². The molecule has 0 radical (unpaired) electrons. The van der Waals surface area contributed by atoms with E-state index in [1.807, 2.05) is 0 Å². The summed E-state index contributed by atoms with van der Waals surface area (Å²) in [6.45, 7) is 5.18. The van der Waals surface area contributed by atoms with Gasteiger partial charge in [-0.2, -0.15) is 5.10 Å². The fourth-order valence-corrected chi connectivity index (χ4v) is 4.49. The zero-order valence-electron chi connectivity index (χ0n) is 19.1. The maximum atomic E-state index is 12.3. The van der Waals surface area contributed by atoms with Crippen LogP contribution in [0.25, 0.3) is 18.1 Å². The van der Waals surface area contributed by atoms with Crippen LogP contribution in [0, 0.1) is 0 Å². The molecule has 2 N–H and O–H groups in total. The standard InChI is InChI=1S/C23H29N5O5S/c1-16-21(14-26-28(16)17-6-8-20(9-7-17)34(2,30)31)22(25-15-24)32-19-10-12-27(13-11-19)23(29)33-18-4-3-5-18/h6-9,14-15,18-19H,1,3-5,10-13H2,2H3,(H2,24,25)/b22-21+. The number of hydrogen-bond donors (Lipinski definition) is 1. The van der Waals surface area contributed by atoms with Gasteiger partial charge >= 0.3 is 6.09 Å². The first-order chi connectivity index (χ1) is 16.3. The summed E-state index contributed by atoms with van der Waals surface area (Å²) >= 11 is 0. The Balaban J connectivity index is 1.48. The molecule has 1 saturated heterocycles. The van der Waals surface area contributed by atoms with Crippen molar-refractivity contribution in [3.8, 4) is 5.69 Å². The van der Waals surface area contributed by atoms with Gasteiger partial charge in [0.05, 0.1) is 33.7 Å². The number of aromatic nitrogens is 2. The molecule has 0 atom stereocenters. The van der Waals surface area contributed by atoms with Gasteiger partial charge < -0.3 is 20.1 Å². The maximum absolute atomic E-state index is 12.3. The minimum absolute atomic E-state index is 0.0647. The van der Waals surface area contributed by atoms with E-state index in [1.165, 1.54) is 12.1 Å². The third-order valence-corrected chi connectivity index (χ3v) is 7.23. The summed E-state index contributed by atoms with van der Waals surface area (Å²) in [4.78, 5) is 18.4. The van der Waals surface area contributed by atoms with E-state index in [0.717, 1.165) is 31.9 Å². The topological polar surface area (TPSA) is 129 Å². The number of hydrogen-bond acceptors (Lipinski definition) is 7. The quantitative estimate of drug-likeness (QED) is 0.474. The highest BCUT2D eigenvalue weighted by Crippen LogP contribution is 2.24. The first-order valence-electron chi connectivity index (χ1n) is 11.2. The van der Waals surface area contributed by atoms with Crippen molar-refractivity contribution in [2.45, 2.75) is 49.2 Å². The van der Waals surface area contributed by atoms with Gasteiger partial charge in [0.1, 0.15) is 12.2 Å². The van der Waals surface area contributed by atoms with Crippen LogP contribution >= 0.6 is 0 Å². The molecule has 0 spiro atoms. The van der Waals surface area contributed by atoms with E-state index in [4.69, 9.17) is 15.2 Å². The lowest BCUT2D eigenvalue weighted by Gasteiger charge is -2.34. The molecule has 4 rings (SSSR count). The molecule has 10 nitrogen and oxygen atoms in total. The Hall–Kier alpha value is -3.34. The first kappa shape index (κ1) is 23.8. The molecule has 1 aliphatic carbocycles. The highest BCUT2D eigenvalue weighted by Gasteiger charge is 2.29. The normalized spacial score (nSPS) is 18.6. The molecule has 1 saturated carbocycles. The number of aliphatic imine (C=N–C) groups is 1. The van der Waals surface area contributed by atoms with Gasteiger partial charge in [-0.05, 0) is 43.5 Å². The second-order valence-electron chi connectivity index (χ2n) is 8.51. The van der Waals surface area contributed by atoms with Crippen LogP contribution in [0.2, 0.25) is 0 Å². The molecule has 2 heterocycles. The average Bonchev–Trinajstić information content (AvgIpc) is 3.17. The SMILES string of the molecule is C=c1/c(=C(\N=C/N)OC2CCN(C(=O)OC3CCC3)CC2)cnn1-c1ccc(S(C)(=O)=O)cc1. The molecular formula is C23H29N5O5S. The van der Waals surface area contributed by atoms with Crippen molar-refractivity contribution in [2.75, 3.05) is 19.3 Å². The lowest BCUT2D eigenvalue weighted by Crippen LogP contribution is -2.43. The van der Waals surface area contributed by atoms with Crippen molar-refractivity contribution < 1.29 is 22.7 Å². The number of carbonyl (C=O) groups excluding carboxylic acids is 1. The van der Waals surface area contributed by atoms with E-state index in [-0.39, 0.29) is 23.2 Å². The number of rotatable bonds is 6. The predicted octanol–water partition coefficient (Wildman–Crippen LogP) is 0.909. The van der Waals surface area contributed by atoms with Gasteiger partial charge in [-0.15, -0.1) is 0 Å². The third-order valence-electron chi connectivity index (χ3n) is 6.10. The van der Waals surface area contributed by atoms with Crippen molar-refractivity contribution >= 4 is 34.7 Å². The Morgan fingerprint density at radius 2 is 1.79 bits per heavy atom. The number of piperidine rings is 1. The van der Waals surface area contributed by atoms with Crippen molar-refractivity contribution in [2.24, 2.45) is 10.7 Å².